The minimum absolute atomic E-state index is 0.202. The first kappa shape index (κ1) is 21.6. The second-order valence-corrected chi connectivity index (χ2v) is 8.13. The molecule has 0 unspecified atom stereocenters. The van der Waals surface area contributed by atoms with Crippen molar-refractivity contribution in [2.75, 3.05) is 0 Å². The van der Waals surface area contributed by atoms with Crippen molar-refractivity contribution < 1.29 is 9.90 Å². The number of halogens is 3. The third kappa shape index (κ3) is 5.51. The van der Waals surface area contributed by atoms with Crippen LogP contribution in [0.2, 0.25) is 15.1 Å². The molecule has 150 valence electrons. The van der Waals surface area contributed by atoms with Crippen LogP contribution in [0.15, 0.2) is 48.5 Å². The molecule has 3 rings (SSSR count). The summed E-state index contributed by atoms with van der Waals surface area (Å²) in [7, 11) is 0. The zero-order valence-corrected chi connectivity index (χ0v) is 18.2. The SMILES string of the molecule is CCCc1nc(CCc2cc(Cl)cc(Cl)c2)c(C(=O)O)cc1-c1cccc(Cl)c1. The lowest BCUT2D eigenvalue weighted by molar-refractivity contribution is 0.0695. The number of benzene rings is 2. The largest absolute Gasteiger partial charge is 0.478 e. The van der Waals surface area contributed by atoms with Gasteiger partial charge in [0.1, 0.15) is 0 Å². The lowest BCUT2D eigenvalue weighted by atomic mass is 9.96. The quantitative estimate of drug-likeness (QED) is 0.417. The van der Waals surface area contributed by atoms with E-state index in [4.69, 9.17) is 39.8 Å². The first-order chi connectivity index (χ1) is 13.9. The fourth-order valence-corrected chi connectivity index (χ4v) is 4.08. The van der Waals surface area contributed by atoms with E-state index in [0.29, 0.717) is 33.6 Å². The van der Waals surface area contributed by atoms with E-state index in [1.807, 2.05) is 30.3 Å². The lowest BCUT2D eigenvalue weighted by Crippen LogP contribution is -2.10. The van der Waals surface area contributed by atoms with Gasteiger partial charge in [-0.3, -0.25) is 4.98 Å². The number of carboxylic acids is 1. The highest BCUT2D eigenvalue weighted by Gasteiger charge is 2.18. The van der Waals surface area contributed by atoms with Gasteiger partial charge in [-0.2, -0.15) is 0 Å². The molecule has 0 fully saturated rings. The summed E-state index contributed by atoms with van der Waals surface area (Å²) in [5, 5.41) is 11.5. The van der Waals surface area contributed by atoms with E-state index in [1.54, 1.807) is 18.2 Å². The van der Waals surface area contributed by atoms with E-state index in [9.17, 15) is 9.90 Å². The first-order valence-electron chi connectivity index (χ1n) is 9.34. The second-order valence-electron chi connectivity index (χ2n) is 6.82. The van der Waals surface area contributed by atoms with Crippen LogP contribution in [0.4, 0.5) is 0 Å². The molecular weight excluding hydrogens is 429 g/mol. The lowest BCUT2D eigenvalue weighted by Gasteiger charge is -2.14. The van der Waals surface area contributed by atoms with Gasteiger partial charge in [-0.05, 0) is 66.8 Å². The number of carboxylic acid groups (broad SMARTS) is 1. The van der Waals surface area contributed by atoms with Crippen molar-refractivity contribution in [2.45, 2.75) is 32.6 Å². The molecule has 0 bridgehead atoms. The van der Waals surface area contributed by atoms with Gasteiger partial charge in [-0.25, -0.2) is 4.79 Å². The topological polar surface area (TPSA) is 50.2 Å². The number of nitrogens with zero attached hydrogens (tertiary/aromatic N) is 1. The minimum atomic E-state index is -0.997. The highest BCUT2D eigenvalue weighted by molar-refractivity contribution is 6.34. The zero-order chi connectivity index (χ0) is 21.0. The zero-order valence-electron chi connectivity index (χ0n) is 15.9. The normalized spacial score (nSPS) is 10.9. The van der Waals surface area contributed by atoms with E-state index < -0.39 is 5.97 Å². The van der Waals surface area contributed by atoms with E-state index in [2.05, 4.69) is 6.92 Å². The fourth-order valence-electron chi connectivity index (χ4n) is 3.32. The Morgan fingerprint density at radius 2 is 1.62 bits per heavy atom. The van der Waals surface area contributed by atoms with Gasteiger partial charge in [0.15, 0.2) is 0 Å². The smallest absolute Gasteiger partial charge is 0.337 e. The molecule has 0 radical (unpaired) electrons. The summed E-state index contributed by atoms with van der Waals surface area (Å²) in [6.45, 7) is 2.07. The standard InChI is InChI=1S/C23H20Cl3NO2/c1-2-4-21-19(15-5-3-6-16(24)11-15)13-20(23(28)29)22(27-21)8-7-14-9-17(25)12-18(26)10-14/h3,5-6,9-13H,2,4,7-8H2,1H3,(H,28,29). The predicted octanol–water partition coefficient (Wildman–Crippen LogP) is 7.14. The molecule has 0 aliphatic carbocycles. The van der Waals surface area contributed by atoms with Crippen molar-refractivity contribution in [1.82, 2.24) is 4.98 Å². The number of pyridine rings is 1. The summed E-state index contributed by atoms with van der Waals surface area (Å²) >= 11 is 18.3. The number of hydrogen-bond acceptors (Lipinski definition) is 2. The minimum Gasteiger partial charge on any atom is -0.478 e. The third-order valence-electron chi connectivity index (χ3n) is 4.61. The van der Waals surface area contributed by atoms with Crippen molar-refractivity contribution >= 4 is 40.8 Å². The van der Waals surface area contributed by atoms with E-state index in [0.717, 1.165) is 35.2 Å². The van der Waals surface area contributed by atoms with Gasteiger partial charge in [-0.15, -0.1) is 0 Å². The average Bonchev–Trinajstić information content (AvgIpc) is 2.65. The van der Waals surface area contributed by atoms with Crippen LogP contribution in [0.5, 0.6) is 0 Å². The van der Waals surface area contributed by atoms with Crippen LogP contribution in [-0.4, -0.2) is 16.1 Å². The maximum atomic E-state index is 12.0. The van der Waals surface area contributed by atoms with Crippen molar-refractivity contribution in [1.29, 1.82) is 0 Å². The number of carbonyl (C=O) groups is 1. The van der Waals surface area contributed by atoms with Gasteiger partial charge in [0, 0.05) is 26.3 Å². The molecule has 1 aromatic heterocycles. The molecule has 0 aliphatic heterocycles. The van der Waals surface area contributed by atoms with Gasteiger partial charge < -0.3 is 5.11 Å². The van der Waals surface area contributed by atoms with Crippen LogP contribution in [-0.2, 0) is 19.3 Å². The summed E-state index contributed by atoms with van der Waals surface area (Å²) in [4.78, 5) is 16.7. The maximum Gasteiger partial charge on any atom is 0.337 e. The molecule has 0 spiro atoms. The Labute approximate surface area is 185 Å². The molecule has 1 heterocycles. The molecule has 0 saturated carbocycles. The van der Waals surface area contributed by atoms with Gasteiger partial charge in [0.2, 0.25) is 0 Å². The summed E-state index contributed by atoms with van der Waals surface area (Å²) in [6, 6.07) is 14.4. The Kier molecular flexibility index (Phi) is 7.18. The van der Waals surface area contributed by atoms with Crippen LogP contribution in [0.25, 0.3) is 11.1 Å². The summed E-state index contributed by atoms with van der Waals surface area (Å²) in [5.41, 5.74) is 4.25. The number of rotatable bonds is 7. The number of aromatic nitrogens is 1. The van der Waals surface area contributed by atoms with Crippen molar-refractivity contribution in [3.8, 4) is 11.1 Å². The average molecular weight is 449 g/mol. The van der Waals surface area contributed by atoms with Gasteiger partial charge in [0.05, 0.1) is 11.3 Å². The molecule has 0 atom stereocenters. The molecule has 2 aromatic carbocycles. The van der Waals surface area contributed by atoms with Crippen LogP contribution >= 0.6 is 34.8 Å². The van der Waals surface area contributed by atoms with E-state index in [-0.39, 0.29) is 5.56 Å². The van der Waals surface area contributed by atoms with Crippen LogP contribution < -0.4 is 0 Å². The van der Waals surface area contributed by atoms with Crippen molar-refractivity contribution in [3.63, 3.8) is 0 Å². The van der Waals surface area contributed by atoms with Crippen LogP contribution in [0.3, 0.4) is 0 Å². The highest BCUT2D eigenvalue weighted by Crippen LogP contribution is 2.29. The monoisotopic (exact) mass is 447 g/mol. The molecule has 0 amide bonds. The molecule has 29 heavy (non-hydrogen) atoms. The Bertz CT molecular complexity index is 1030. The van der Waals surface area contributed by atoms with Crippen molar-refractivity contribution in [3.05, 3.63) is 86.1 Å². The van der Waals surface area contributed by atoms with E-state index >= 15 is 0 Å². The van der Waals surface area contributed by atoms with Gasteiger partial charge in [0.25, 0.3) is 0 Å². The van der Waals surface area contributed by atoms with Gasteiger partial charge in [-0.1, -0.05) is 60.3 Å². The first-order valence-corrected chi connectivity index (χ1v) is 10.5. The number of aromatic carboxylic acids is 1. The second kappa shape index (κ2) is 9.62. The van der Waals surface area contributed by atoms with Gasteiger partial charge >= 0.3 is 5.97 Å². The molecule has 1 N–H and O–H groups in total. The molecule has 0 saturated heterocycles. The van der Waals surface area contributed by atoms with Crippen molar-refractivity contribution in [2.24, 2.45) is 0 Å². The maximum absolute atomic E-state index is 12.0. The third-order valence-corrected chi connectivity index (χ3v) is 5.28. The summed E-state index contributed by atoms with van der Waals surface area (Å²) < 4.78 is 0. The van der Waals surface area contributed by atoms with Crippen LogP contribution in [0.1, 0.15) is 40.7 Å². The number of aryl methyl sites for hydroxylation is 3. The Morgan fingerprint density at radius 3 is 2.24 bits per heavy atom. The predicted molar refractivity (Wildman–Crippen MR) is 120 cm³/mol. The van der Waals surface area contributed by atoms with E-state index in [1.165, 1.54) is 0 Å². The molecule has 0 aliphatic rings. The molecular formula is C23H20Cl3NO2. The Balaban J connectivity index is 2.02. The highest BCUT2D eigenvalue weighted by atomic mass is 35.5. The summed E-state index contributed by atoms with van der Waals surface area (Å²) in [6.07, 6.45) is 2.72. The fraction of sp³-hybridized carbons (Fsp3) is 0.217. The molecule has 3 nitrogen and oxygen atoms in total. The summed E-state index contributed by atoms with van der Waals surface area (Å²) in [5.74, 6) is -0.997. The Morgan fingerprint density at radius 1 is 0.897 bits per heavy atom. The van der Waals surface area contributed by atoms with Crippen LogP contribution in [0, 0.1) is 0 Å². The Hall–Kier alpha value is -2.07. The molecule has 6 heteroatoms. The number of hydrogen-bond donors (Lipinski definition) is 1. The molecule has 3 aromatic rings.